The molecule has 3 nitrogen and oxygen atoms in total. The molecule has 0 radical (unpaired) electrons. The van der Waals surface area contributed by atoms with Crippen LogP contribution in [0.25, 0.3) is 11.1 Å². The number of fused-ring (bicyclic) bond motifs is 1. The molecule has 2 rings (SSSR count). The molecule has 0 saturated heterocycles. The van der Waals surface area contributed by atoms with E-state index in [1.165, 1.54) is 0 Å². The van der Waals surface area contributed by atoms with Gasteiger partial charge in [0.15, 0.2) is 5.58 Å². The van der Waals surface area contributed by atoms with Crippen LogP contribution in [0.15, 0.2) is 27.5 Å². The van der Waals surface area contributed by atoms with Crippen LogP contribution in [0, 0.1) is 0 Å². The van der Waals surface area contributed by atoms with Gasteiger partial charge < -0.3 is 10.2 Å². The third kappa shape index (κ3) is 1.43. The number of hydrogen-bond donors (Lipinski definition) is 1. The molecular formula is C9H10N2OS. The predicted octanol–water partition coefficient (Wildman–Crippen LogP) is 2.01. The Morgan fingerprint density at radius 1 is 1.54 bits per heavy atom. The summed E-state index contributed by atoms with van der Waals surface area (Å²) in [5.74, 6) is 0.594. The fraction of sp³-hybridized carbons (Fsp3) is 0.222. The van der Waals surface area contributed by atoms with Gasteiger partial charge in [-0.1, -0.05) is 6.07 Å². The zero-order valence-corrected chi connectivity index (χ0v) is 8.10. The van der Waals surface area contributed by atoms with Crippen molar-refractivity contribution in [2.24, 2.45) is 5.73 Å². The lowest BCUT2D eigenvalue weighted by Gasteiger charge is -1.93. The van der Waals surface area contributed by atoms with Gasteiger partial charge in [-0.15, -0.1) is 11.8 Å². The maximum absolute atomic E-state index is 5.44. The SMILES string of the molecule is CSc1cccc2oc(CN)nc12. The van der Waals surface area contributed by atoms with Crippen LogP contribution in [-0.4, -0.2) is 11.2 Å². The Labute approximate surface area is 80.3 Å². The summed E-state index contributed by atoms with van der Waals surface area (Å²) in [6, 6.07) is 5.89. The standard InChI is InChI=1S/C9H10N2OS/c1-13-7-4-2-3-6-9(7)11-8(5-10)12-6/h2-4H,5,10H2,1H3. The smallest absolute Gasteiger partial charge is 0.209 e. The van der Waals surface area contributed by atoms with Gasteiger partial charge in [-0.3, -0.25) is 0 Å². The first kappa shape index (κ1) is 8.59. The van der Waals surface area contributed by atoms with Crippen LogP contribution in [0.2, 0.25) is 0 Å². The number of para-hydroxylation sites is 1. The summed E-state index contributed by atoms with van der Waals surface area (Å²) >= 11 is 1.66. The Kier molecular flexibility index (Phi) is 2.24. The van der Waals surface area contributed by atoms with Gasteiger partial charge in [-0.05, 0) is 18.4 Å². The number of aromatic nitrogens is 1. The van der Waals surface area contributed by atoms with E-state index in [-0.39, 0.29) is 0 Å². The molecule has 0 amide bonds. The Morgan fingerprint density at radius 2 is 2.38 bits per heavy atom. The summed E-state index contributed by atoms with van der Waals surface area (Å²) in [5, 5.41) is 0. The second-order valence-electron chi connectivity index (χ2n) is 2.62. The highest BCUT2D eigenvalue weighted by atomic mass is 32.2. The topological polar surface area (TPSA) is 52.0 Å². The first-order chi connectivity index (χ1) is 6.35. The largest absolute Gasteiger partial charge is 0.439 e. The molecule has 1 aromatic carbocycles. The molecule has 13 heavy (non-hydrogen) atoms. The molecule has 0 bridgehead atoms. The van der Waals surface area contributed by atoms with Gasteiger partial charge in [0, 0.05) is 4.90 Å². The summed E-state index contributed by atoms with van der Waals surface area (Å²) in [7, 11) is 0. The molecular weight excluding hydrogens is 184 g/mol. The van der Waals surface area contributed by atoms with Crippen molar-refractivity contribution in [1.82, 2.24) is 4.98 Å². The predicted molar refractivity (Wildman–Crippen MR) is 53.7 cm³/mol. The Bertz CT molecular complexity index is 424. The average molecular weight is 194 g/mol. The lowest BCUT2D eigenvalue weighted by atomic mass is 10.3. The third-order valence-electron chi connectivity index (χ3n) is 1.82. The van der Waals surface area contributed by atoms with Crippen molar-refractivity contribution in [2.45, 2.75) is 11.4 Å². The zero-order valence-electron chi connectivity index (χ0n) is 7.28. The second-order valence-corrected chi connectivity index (χ2v) is 3.47. The molecule has 0 atom stereocenters. The first-order valence-electron chi connectivity index (χ1n) is 3.97. The van der Waals surface area contributed by atoms with Gasteiger partial charge >= 0.3 is 0 Å². The minimum atomic E-state index is 0.350. The van der Waals surface area contributed by atoms with Gasteiger partial charge in [0.2, 0.25) is 5.89 Å². The van der Waals surface area contributed by atoms with Crippen molar-refractivity contribution in [3.8, 4) is 0 Å². The molecule has 0 saturated carbocycles. The molecule has 1 aromatic heterocycles. The van der Waals surface area contributed by atoms with Crippen LogP contribution < -0.4 is 5.73 Å². The van der Waals surface area contributed by atoms with Gasteiger partial charge in [-0.25, -0.2) is 4.98 Å². The molecule has 4 heteroatoms. The molecule has 0 fully saturated rings. The number of nitrogens with two attached hydrogens (primary N) is 1. The van der Waals surface area contributed by atoms with Crippen LogP contribution in [0.1, 0.15) is 5.89 Å². The minimum absolute atomic E-state index is 0.350. The normalized spacial score (nSPS) is 10.9. The van der Waals surface area contributed by atoms with Gasteiger partial charge in [0.05, 0.1) is 6.54 Å². The van der Waals surface area contributed by atoms with Crippen molar-refractivity contribution in [2.75, 3.05) is 6.26 Å². The summed E-state index contributed by atoms with van der Waals surface area (Å²) in [6.45, 7) is 0.350. The molecule has 0 aliphatic rings. The number of hydrogen-bond acceptors (Lipinski definition) is 4. The average Bonchev–Trinajstić information content (AvgIpc) is 2.59. The van der Waals surface area contributed by atoms with E-state index in [0.29, 0.717) is 12.4 Å². The summed E-state index contributed by atoms with van der Waals surface area (Å²) in [6.07, 6.45) is 2.02. The highest BCUT2D eigenvalue weighted by Gasteiger charge is 2.06. The van der Waals surface area contributed by atoms with Crippen LogP contribution >= 0.6 is 11.8 Å². The second kappa shape index (κ2) is 3.40. The van der Waals surface area contributed by atoms with E-state index >= 15 is 0 Å². The molecule has 0 spiro atoms. The lowest BCUT2D eigenvalue weighted by molar-refractivity contribution is 0.533. The van der Waals surface area contributed by atoms with E-state index in [9.17, 15) is 0 Å². The van der Waals surface area contributed by atoms with E-state index < -0.39 is 0 Å². The summed E-state index contributed by atoms with van der Waals surface area (Å²) in [5.41, 5.74) is 7.17. The quantitative estimate of drug-likeness (QED) is 0.743. The van der Waals surface area contributed by atoms with Crippen LogP contribution in [-0.2, 0) is 6.54 Å². The zero-order chi connectivity index (χ0) is 9.26. The molecule has 68 valence electrons. The number of thioether (sulfide) groups is 1. The van der Waals surface area contributed by atoms with Crippen molar-refractivity contribution in [3.05, 3.63) is 24.1 Å². The van der Waals surface area contributed by atoms with Gasteiger partial charge in [0.25, 0.3) is 0 Å². The van der Waals surface area contributed by atoms with E-state index in [4.69, 9.17) is 10.2 Å². The first-order valence-corrected chi connectivity index (χ1v) is 5.20. The Hall–Kier alpha value is -1.00. The Morgan fingerprint density at radius 3 is 3.08 bits per heavy atom. The molecule has 2 aromatic rings. The molecule has 1 heterocycles. The van der Waals surface area contributed by atoms with E-state index in [0.717, 1.165) is 16.0 Å². The van der Waals surface area contributed by atoms with Crippen LogP contribution in [0.5, 0.6) is 0 Å². The number of benzene rings is 1. The fourth-order valence-corrected chi connectivity index (χ4v) is 1.78. The van der Waals surface area contributed by atoms with E-state index in [1.54, 1.807) is 11.8 Å². The number of nitrogens with zero attached hydrogens (tertiary/aromatic N) is 1. The third-order valence-corrected chi connectivity index (χ3v) is 2.59. The van der Waals surface area contributed by atoms with Crippen molar-refractivity contribution < 1.29 is 4.42 Å². The molecule has 0 aliphatic heterocycles. The molecule has 0 aliphatic carbocycles. The van der Waals surface area contributed by atoms with Crippen LogP contribution in [0.4, 0.5) is 0 Å². The lowest BCUT2D eigenvalue weighted by Crippen LogP contribution is -1.95. The maximum atomic E-state index is 5.44. The van der Waals surface area contributed by atoms with Crippen molar-refractivity contribution in [1.29, 1.82) is 0 Å². The fourth-order valence-electron chi connectivity index (χ4n) is 1.22. The highest BCUT2D eigenvalue weighted by Crippen LogP contribution is 2.25. The van der Waals surface area contributed by atoms with Gasteiger partial charge in [0.1, 0.15) is 5.52 Å². The number of oxazole rings is 1. The highest BCUT2D eigenvalue weighted by molar-refractivity contribution is 7.98. The van der Waals surface area contributed by atoms with Crippen molar-refractivity contribution in [3.63, 3.8) is 0 Å². The van der Waals surface area contributed by atoms with E-state index in [1.807, 2.05) is 24.5 Å². The molecule has 0 unspecified atom stereocenters. The summed E-state index contributed by atoms with van der Waals surface area (Å²) < 4.78 is 5.41. The monoisotopic (exact) mass is 194 g/mol. The van der Waals surface area contributed by atoms with E-state index in [2.05, 4.69) is 4.98 Å². The van der Waals surface area contributed by atoms with Crippen LogP contribution in [0.3, 0.4) is 0 Å². The minimum Gasteiger partial charge on any atom is -0.439 e. The van der Waals surface area contributed by atoms with Gasteiger partial charge in [-0.2, -0.15) is 0 Å². The van der Waals surface area contributed by atoms with Crippen molar-refractivity contribution >= 4 is 22.9 Å². The molecule has 2 N–H and O–H groups in total. The maximum Gasteiger partial charge on any atom is 0.209 e. The number of rotatable bonds is 2. The Balaban J connectivity index is 2.67. The summed E-state index contributed by atoms with van der Waals surface area (Å²) in [4.78, 5) is 5.42.